The number of aromatic amines is 1. The molecule has 3 aromatic rings. The van der Waals surface area contributed by atoms with E-state index in [0.717, 1.165) is 23.4 Å². The number of halogens is 1. The molecule has 206 valence electrons. The number of nitrogens with zero attached hydrogens (tertiary/aromatic N) is 3. The van der Waals surface area contributed by atoms with Gasteiger partial charge in [0.05, 0.1) is 17.7 Å². The molecule has 2 aliphatic rings. The summed E-state index contributed by atoms with van der Waals surface area (Å²) >= 11 is 6.41. The number of benzene rings is 2. The van der Waals surface area contributed by atoms with Crippen LogP contribution in [-0.2, 0) is 11.3 Å². The van der Waals surface area contributed by atoms with Crippen molar-refractivity contribution in [1.29, 1.82) is 0 Å². The summed E-state index contributed by atoms with van der Waals surface area (Å²) in [7, 11) is 0. The number of hydrogen-bond acceptors (Lipinski definition) is 5. The second-order valence-electron chi connectivity index (χ2n) is 10.5. The van der Waals surface area contributed by atoms with Crippen molar-refractivity contribution in [3.05, 3.63) is 64.3 Å². The SMILES string of the molecule is CCOc1cc2[nH]cc(C(=O)C(=O)N3CCCC3)c2cc1C(=O)N1C[C@H](C)N(Cc2ccccc2Cl)C[C@H]1C. The Morgan fingerprint density at radius 3 is 2.49 bits per heavy atom. The van der Waals surface area contributed by atoms with Gasteiger partial charge >= 0.3 is 0 Å². The van der Waals surface area contributed by atoms with Crippen LogP contribution in [-0.4, -0.2) is 82.2 Å². The van der Waals surface area contributed by atoms with Gasteiger partial charge in [-0.05, 0) is 51.3 Å². The number of nitrogens with one attached hydrogen (secondary N) is 1. The van der Waals surface area contributed by atoms with Crippen LogP contribution >= 0.6 is 11.6 Å². The number of ketones is 1. The number of likely N-dealkylation sites (tertiary alicyclic amines) is 1. The number of hydrogen-bond donors (Lipinski definition) is 1. The van der Waals surface area contributed by atoms with Gasteiger partial charge in [-0.3, -0.25) is 19.3 Å². The molecular weight excluding hydrogens is 516 g/mol. The van der Waals surface area contributed by atoms with Crippen LogP contribution in [0, 0.1) is 0 Å². The summed E-state index contributed by atoms with van der Waals surface area (Å²) in [6, 6.07) is 11.4. The molecule has 8 nitrogen and oxygen atoms in total. The number of Topliss-reactive ketones (excluding diaryl/α,β-unsaturated/α-hetero) is 1. The third kappa shape index (κ3) is 5.40. The molecule has 2 saturated heterocycles. The van der Waals surface area contributed by atoms with E-state index in [0.29, 0.717) is 61.5 Å². The number of carbonyl (C=O) groups excluding carboxylic acids is 3. The highest BCUT2D eigenvalue weighted by Crippen LogP contribution is 2.32. The third-order valence-corrected chi connectivity index (χ3v) is 8.22. The molecule has 1 N–H and O–H groups in total. The molecule has 2 aromatic carbocycles. The number of rotatable bonds is 7. The Kier molecular flexibility index (Phi) is 7.96. The molecule has 39 heavy (non-hydrogen) atoms. The molecule has 3 heterocycles. The highest BCUT2D eigenvalue weighted by atomic mass is 35.5. The molecule has 2 fully saturated rings. The van der Waals surface area contributed by atoms with Crippen molar-refractivity contribution in [2.75, 3.05) is 32.8 Å². The van der Waals surface area contributed by atoms with E-state index < -0.39 is 11.7 Å². The molecule has 0 radical (unpaired) electrons. The predicted molar refractivity (Wildman–Crippen MR) is 151 cm³/mol. The Labute approximate surface area is 233 Å². The number of aromatic nitrogens is 1. The molecule has 0 aliphatic carbocycles. The van der Waals surface area contributed by atoms with E-state index in [1.54, 1.807) is 23.2 Å². The van der Waals surface area contributed by atoms with E-state index >= 15 is 0 Å². The molecule has 9 heteroatoms. The van der Waals surface area contributed by atoms with Crippen molar-refractivity contribution in [3.63, 3.8) is 0 Å². The molecule has 0 saturated carbocycles. The van der Waals surface area contributed by atoms with Crippen LogP contribution in [0.15, 0.2) is 42.6 Å². The van der Waals surface area contributed by atoms with Crippen LogP contribution < -0.4 is 4.74 Å². The van der Waals surface area contributed by atoms with E-state index in [-0.39, 0.29) is 23.6 Å². The Bertz CT molecular complexity index is 1400. The van der Waals surface area contributed by atoms with E-state index in [1.165, 1.54) is 0 Å². The molecule has 5 rings (SSSR count). The smallest absolute Gasteiger partial charge is 0.295 e. The minimum Gasteiger partial charge on any atom is -0.493 e. The monoisotopic (exact) mass is 550 g/mol. The van der Waals surface area contributed by atoms with Crippen LogP contribution in [0.25, 0.3) is 10.9 Å². The summed E-state index contributed by atoms with van der Waals surface area (Å²) in [5.74, 6) is -0.740. The predicted octanol–water partition coefficient (Wildman–Crippen LogP) is 4.76. The highest BCUT2D eigenvalue weighted by molar-refractivity contribution is 6.45. The molecule has 2 aliphatic heterocycles. The van der Waals surface area contributed by atoms with Crippen molar-refractivity contribution < 1.29 is 19.1 Å². The van der Waals surface area contributed by atoms with Gasteiger partial charge in [0.15, 0.2) is 0 Å². The van der Waals surface area contributed by atoms with Gasteiger partial charge in [-0.25, -0.2) is 0 Å². The first-order valence-electron chi connectivity index (χ1n) is 13.7. The van der Waals surface area contributed by atoms with Gasteiger partial charge < -0.3 is 19.5 Å². The lowest BCUT2D eigenvalue weighted by Gasteiger charge is -2.44. The van der Waals surface area contributed by atoms with Crippen molar-refractivity contribution >= 4 is 40.1 Å². The Hall–Kier alpha value is -3.36. The topological polar surface area (TPSA) is 85.9 Å². The summed E-state index contributed by atoms with van der Waals surface area (Å²) in [5, 5.41) is 1.29. The van der Waals surface area contributed by atoms with Crippen molar-refractivity contribution in [1.82, 2.24) is 19.7 Å². The van der Waals surface area contributed by atoms with E-state index in [9.17, 15) is 14.4 Å². The van der Waals surface area contributed by atoms with Gasteiger partial charge in [-0.15, -0.1) is 0 Å². The lowest BCUT2D eigenvalue weighted by atomic mass is 10.0. The number of amides is 2. The largest absolute Gasteiger partial charge is 0.493 e. The molecule has 1 aromatic heterocycles. The summed E-state index contributed by atoms with van der Waals surface area (Å²) in [6.45, 7) is 9.57. The molecular formula is C30H35ClN4O4. The highest BCUT2D eigenvalue weighted by Gasteiger charge is 2.34. The lowest BCUT2D eigenvalue weighted by Crippen LogP contribution is -2.57. The van der Waals surface area contributed by atoms with Crippen LogP contribution in [0.4, 0.5) is 0 Å². The Morgan fingerprint density at radius 2 is 1.77 bits per heavy atom. The van der Waals surface area contributed by atoms with Gasteiger partial charge in [-0.2, -0.15) is 0 Å². The number of ether oxygens (including phenoxy) is 1. The minimum absolute atomic E-state index is 0.0505. The normalized spacial score (nSPS) is 20.0. The average molecular weight is 551 g/mol. The second kappa shape index (κ2) is 11.4. The maximum Gasteiger partial charge on any atom is 0.295 e. The maximum absolute atomic E-state index is 14.0. The van der Waals surface area contributed by atoms with Crippen molar-refractivity contribution in [3.8, 4) is 5.75 Å². The summed E-state index contributed by atoms with van der Waals surface area (Å²) in [6.07, 6.45) is 3.38. The molecule has 0 unspecified atom stereocenters. The van der Waals surface area contributed by atoms with Crippen LogP contribution in [0.2, 0.25) is 5.02 Å². The summed E-state index contributed by atoms with van der Waals surface area (Å²) < 4.78 is 5.88. The number of H-pyrrole nitrogens is 1. The van der Waals surface area contributed by atoms with Gasteiger partial charge in [0.1, 0.15) is 5.75 Å². The first-order chi connectivity index (χ1) is 18.8. The number of carbonyl (C=O) groups is 3. The Balaban J connectivity index is 1.41. The molecule has 0 spiro atoms. The van der Waals surface area contributed by atoms with E-state index in [1.807, 2.05) is 43.0 Å². The zero-order chi connectivity index (χ0) is 27.7. The zero-order valence-electron chi connectivity index (χ0n) is 22.7. The summed E-state index contributed by atoms with van der Waals surface area (Å²) in [4.78, 5) is 48.9. The van der Waals surface area contributed by atoms with Crippen LogP contribution in [0.3, 0.4) is 0 Å². The molecule has 2 amide bonds. The minimum atomic E-state index is -0.555. The standard InChI is InChI=1S/C30H35ClN4O4/c1-4-39-27-14-26-22(24(15-32-26)28(36)30(38)33-11-7-8-12-33)13-23(27)29(37)35-17-19(2)34(16-20(35)3)18-21-9-5-6-10-25(21)31/h5-6,9-10,13-15,19-20,32H,4,7-8,11-12,16-18H2,1-3H3/t19-,20+/m0/s1. The average Bonchev–Trinajstić information content (AvgIpc) is 3.61. The fourth-order valence-electron chi connectivity index (χ4n) is 5.66. The third-order valence-electron chi connectivity index (χ3n) is 7.85. The maximum atomic E-state index is 14.0. The van der Waals surface area contributed by atoms with Gasteiger partial charge in [-0.1, -0.05) is 29.8 Å². The summed E-state index contributed by atoms with van der Waals surface area (Å²) in [5.41, 5.74) is 2.39. The van der Waals surface area contributed by atoms with Crippen molar-refractivity contribution in [2.24, 2.45) is 0 Å². The van der Waals surface area contributed by atoms with Gasteiger partial charge in [0.25, 0.3) is 17.6 Å². The lowest BCUT2D eigenvalue weighted by molar-refractivity contribution is -0.125. The van der Waals surface area contributed by atoms with E-state index in [4.69, 9.17) is 16.3 Å². The number of piperazine rings is 1. The quantitative estimate of drug-likeness (QED) is 0.338. The molecule has 0 bridgehead atoms. The first kappa shape index (κ1) is 27.2. The van der Waals surface area contributed by atoms with E-state index in [2.05, 4.69) is 16.8 Å². The van der Waals surface area contributed by atoms with Crippen LogP contribution in [0.5, 0.6) is 5.75 Å². The van der Waals surface area contributed by atoms with Gasteiger partial charge in [0, 0.05) is 73.0 Å². The van der Waals surface area contributed by atoms with Crippen molar-refractivity contribution in [2.45, 2.75) is 52.2 Å². The fraction of sp³-hybridized carbons (Fsp3) is 0.433. The fourth-order valence-corrected chi connectivity index (χ4v) is 5.86. The second-order valence-corrected chi connectivity index (χ2v) is 10.9. The Morgan fingerprint density at radius 1 is 1.03 bits per heavy atom. The van der Waals surface area contributed by atoms with Crippen LogP contribution in [0.1, 0.15) is 59.9 Å². The van der Waals surface area contributed by atoms with Gasteiger partial charge in [0.2, 0.25) is 0 Å². The zero-order valence-corrected chi connectivity index (χ0v) is 23.5. The number of fused-ring (bicyclic) bond motifs is 1. The first-order valence-corrected chi connectivity index (χ1v) is 14.1. The molecule has 2 atom stereocenters.